The number of nitrogens with zero attached hydrogens (tertiary/aromatic N) is 4. The fraction of sp³-hybridized carbons (Fsp3) is 0.435. The van der Waals surface area contributed by atoms with Gasteiger partial charge in [-0.25, -0.2) is 9.78 Å². The zero-order valence-corrected chi connectivity index (χ0v) is 21.7. The van der Waals surface area contributed by atoms with E-state index < -0.39 is 23.1 Å². The summed E-state index contributed by atoms with van der Waals surface area (Å²) in [5.41, 5.74) is -1.13. The van der Waals surface area contributed by atoms with E-state index >= 15 is 0 Å². The number of halogens is 4. The van der Waals surface area contributed by atoms with E-state index in [1.54, 1.807) is 0 Å². The van der Waals surface area contributed by atoms with Crippen molar-refractivity contribution < 1.29 is 22.7 Å². The van der Waals surface area contributed by atoms with Crippen LogP contribution < -0.4 is 11.2 Å². The monoisotopic (exact) mass is 560 g/mol. The van der Waals surface area contributed by atoms with Crippen molar-refractivity contribution in [2.45, 2.75) is 53.3 Å². The molecule has 0 aliphatic carbocycles. The Morgan fingerprint density at radius 2 is 1.74 bits per heavy atom. The lowest BCUT2D eigenvalue weighted by atomic mass is 10.0. The highest BCUT2D eigenvalue weighted by molar-refractivity contribution is 9.10. The fourth-order valence-electron chi connectivity index (χ4n) is 3.11. The highest BCUT2D eigenvalue weighted by atomic mass is 79.9. The third-order valence-electron chi connectivity index (χ3n) is 4.62. The Kier molecular flexibility index (Phi) is 11.8. The van der Waals surface area contributed by atoms with Crippen LogP contribution in [0.15, 0.2) is 38.6 Å². The van der Waals surface area contributed by atoms with E-state index in [4.69, 9.17) is 0 Å². The van der Waals surface area contributed by atoms with E-state index in [2.05, 4.69) is 30.6 Å². The molecule has 0 N–H and O–H groups in total. The van der Waals surface area contributed by atoms with Gasteiger partial charge < -0.3 is 4.74 Å². The molecule has 0 spiro atoms. The van der Waals surface area contributed by atoms with Gasteiger partial charge in [-0.05, 0) is 39.5 Å². The third kappa shape index (κ3) is 7.23. The van der Waals surface area contributed by atoms with Gasteiger partial charge in [0, 0.05) is 36.9 Å². The van der Waals surface area contributed by atoms with E-state index in [1.807, 2.05) is 27.7 Å². The molecule has 3 heterocycles. The Hall–Kier alpha value is -3.02. The zero-order chi connectivity index (χ0) is 26.8. The van der Waals surface area contributed by atoms with E-state index in [-0.39, 0.29) is 43.5 Å². The second-order valence-corrected chi connectivity index (χ2v) is 7.48. The van der Waals surface area contributed by atoms with Crippen LogP contribution in [0.5, 0.6) is 0 Å². The van der Waals surface area contributed by atoms with Gasteiger partial charge in [-0.3, -0.25) is 23.7 Å². The van der Waals surface area contributed by atoms with Gasteiger partial charge in [-0.1, -0.05) is 33.8 Å². The molecule has 0 unspecified atom stereocenters. The van der Waals surface area contributed by atoms with Crippen molar-refractivity contribution in [3.8, 4) is 0 Å². The topological polar surface area (TPSA) is 96.1 Å². The minimum Gasteiger partial charge on any atom is -0.468 e. The number of fused-ring (bicyclic) bond motifs is 1. The Morgan fingerprint density at radius 1 is 1.09 bits per heavy atom. The van der Waals surface area contributed by atoms with Crippen LogP contribution in [-0.2, 0) is 35.7 Å². The molecule has 0 aliphatic rings. The van der Waals surface area contributed by atoms with E-state index in [1.165, 1.54) is 23.9 Å². The van der Waals surface area contributed by atoms with Crippen molar-refractivity contribution in [1.82, 2.24) is 19.1 Å². The first kappa shape index (κ1) is 30.0. The molecule has 3 aromatic heterocycles. The van der Waals surface area contributed by atoms with Crippen molar-refractivity contribution >= 4 is 33.4 Å². The van der Waals surface area contributed by atoms with Crippen molar-refractivity contribution in [2.75, 3.05) is 6.61 Å². The number of carbonyl (C=O) groups excluding carboxylic acids is 1. The second-order valence-electron chi connectivity index (χ2n) is 6.63. The van der Waals surface area contributed by atoms with Crippen LogP contribution in [-0.4, -0.2) is 32.2 Å². The van der Waals surface area contributed by atoms with E-state index in [9.17, 15) is 27.6 Å². The summed E-state index contributed by atoms with van der Waals surface area (Å²) < 4.78 is 45.6. The van der Waals surface area contributed by atoms with Gasteiger partial charge in [-0.2, -0.15) is 13.2 Å². The van der Waals surface area contributed by atoms with Gasteiger partial charge in [0.15, 0.2) is 0 Å². The first-order valence-electron chi connectivity index (χ1n) is 11.0. The van der Waals surface area contributed by atoms with Gasteiger partial charge in [0.2, 0.25) is 0 Å². The van der Waals surface area contributed by atoms with Crippen LogP contribution in [0.3, 0.4) is 0 Å². The van der Waals surface area contributed by atoms with Gasteiger partial charge in [0.1, 0.15) is 11.3 Å². The number of aryl methyl sites for hydroxylation is 1. The molecule has 35 heavy (non-hydrogen) atoms. The first-order valence-corrected chi connectivity index (χ1v) is 11.8. The summed E-state index contributed by atoms with van der Waals surface area (Å²) in [5.74, 6) is 0. The molecule has 3 rings (SSSR count). The molecule has 0 fully saturated rings. The minimum atomic E-state index is -4.55. The first-order chi connectivity index (χ1) is 16.6. The van der Waals surface area contributed by atoms with Gasteiger partial charge in [-0.15, -0.1) is 0 Å². The number of pyridine rings is 2. The second kappa shape index (κ2) is 13.8. The summed E-state index contributed by atoms with van der Waals surface area (Å²) in [6, 6.07) is 2.15. The molecule has 0 aliphatic heterocycles. The number of rotatable bonds is 7. The summed E-state index contributed by atoms with van der Waals surface area (Å²) in [7, 11) is 1.47. The molecule has 0 radical (unpaired) electrons. The van der Waals surface area contributed by atoms with Crippen LogP contribution in [0.1, 0.15) is 50.9 Å². The number of aromatic nitrogens is 4. The van der Waals surface area contributed by atoms with Crippen LogP contribution >= 0.6 is 15.9 Å². The summed E-state index contributed by atoms with van der Waals surface area (Å²) in [5, 5.41) is 0.160. The average Bonchev–Trinajstić information content (AvgIpc) is 2.85. The van der Waals surface area contributed by atoms with Crippen LogP contribution in [0.2, 0.25) is 0 Å². The zero-order valence-electron chi connectivity index (χ0n) is 20.1. The molecule has 3 aromatic rings. The molecule has 192 valence electrons. The standard InChI is InChI=1S/C19H16BrF3N4O4.2C2H6/c1-26-16-15(17(29)27(18(26)30)5-2-6-31-10-28)12(13(20)9-25-16)7-11-3-4-14(24-8-11)19(21,22)23;2*1-2/h3-4,8-10H,2,5-7H2,1H3;2*1-2H3. The molecule has 0 saturated heterocycles. The van der Waals surface area contributed by atoms with Crippen molar-refractivity contribution in [3.63, 3.8) is 0 Å². The minimum absolute atomic E-state index is 0.0169. The maximum atomic E-state index is 13.1. The lowest BCUT2D eigenvalue weighted by Crippen LogP contribution is -2.40. The van der Waals surface area contributed by atoms with Gasteiger partial charge in [0.05, 0.1) is 12.0 Å². The predicted molar refractivity (Wildman–Crippen MR) is 130 cm³/mol. The number of alkyl halides is 3. The molecule has 0 aromatic carbocycles. The fourth-order valence-corrected chi connectivity index (χ4v) is 3.55. The SMILES string of the molecule is CC.CC.Cn1c(=O)n(CCCOC=O)c(=O)c2c(Cc3ccc(C(F)(F)F)nc3)c(Br)cnc21. The number of ether oxygens (including phenoxy) is 1. The maximum absolute atomic E-state index is 13.1. The summed E-state index contributed by atoms with van der Waals surface area (Å²) >= 11 is 3.34. The van der Waals surface area contributed by atoms with Crippen molar-refractivity contribution in [3.05, 3.63) is 66.7 Å². The maximum Gasteiger partial charge on any atom is 0.433 e. The Balaban J connectivity index is 0.00000145. The quantitative estimate of drug-likeness (QED) is 0.312. The molecular weight excluding hydrogens is 533 g/mol. The van der Waals surface area contributed by atoms with Crippen LogP contribution in [0, 0.1) is 0 Å². The van der Waals surface area contributed by atoms with Gasteiger partial charge >= 0.3 is 11.9 Å². The summed E-state index contributed by atoms with van der Waals surface area (Å²) in [4.78, 5) is 43.6. The highest BCUT2D eigenvalue weighted by Gasteiger charge is 2.32. The van der Waals surface area contributed by atoms with E-state index in [0.717, 1.165) is 16.8 Å². The van der Waals surface area contributed by atoms with Gasteiger partial charge in [0.25, 0.3) is 12.0 Å². The van der Waals surface area contributed by atoms with Crippen molar-refractivity contribution in [2.24, 2.45) is 7.05 Å². The summed E-state index contributed by atoms with van der Waals surface area (Å²) in [6.45, 7) is 8.33. The van der Waals surface area contributed by atoms with Crippen molar-refractivity contribution in [1.29, 1.82) is 0 Å². The summed E-state index contributed by atoms with van der Waals surface area (Å²) in [6.07, 6.45) is -1.69. The number of hydrogen-bond donors (Lipinski definition) is 0. The molecule has 8 nitrogen and oxygen atoms in total. The third-order valence-corrected chi connectivity index (χ3v) is 5.30. The molecule has 0 bridgehead atoms. The Labute approximate surface area is 208 Å². The number of hydrogen-bond acceptors (Lipinski definition) is 6. The Morgan fingerprint density at radius 3 is 2.29 bits per heavy atom. The lowest BCUT2D eigenvalue weighted by molar-refractivity contribution is -0.141. The van der Waals surface area contributed by atoms with E-state index in [0.29, 0.717) is 15.6 Å². The molecule has 0 atom stereocenters. The molecular formula is C23H28BrF3N4O4. The average molecular weight is 561 g/mol. The Bertz CT molecular complexity index is 1240. The molecule has 12 heteroatoms. The normalized spacial score (nSPS) is 10.7. The highest BCUT2D eigenvalue weighted by Crippen LogP contribution is 2.28. The van der Waals surface area contributed by atoms with Crippen LogP contribution in [0.25, 0.3) is 11.0 Å². The van der Waals surface area contributed by atoms with Crippen LogP contribution in [0.4, 0.5) is 13.2 Å². The molecule has 0 saturated carbocycles. The number of carbonyl (C=O) groups is 1. The lowest BCUT2D eigenvalue weighted by Gasteiger charge is -2.14. The smallest absolute Gasteiger partial charge is 0.433 e. The molecule has 0 amide bonds. The predicted octanol–water partition coefficient (Wildman–Crippen LogP) is 4.48. The largest absolute Gasteiger partial charge is 0.468 e.